The van der Waals surface area contributed by atoms with Crippen molar-refractivity contribution >= 4 is 38.9 Å². The van der Waals surface area contributed by atoms with Crippen LogP contribution in [0.5, 0.6) is 0 Å². The summed E-state index contributed by atoms with van der Waals surface area (Å²) in [6, 6.07) is 88.8. The van der Waals surface area contributed by atoms with Crippen LogP contribution in [0.1, 0.15) is 25.0 Å². The number of aromatic nitrogens is 1. The molecule has 1 aliphatic rings. The lowest BCUT2D eigenvalue weighted by atomic mass is 9.81. The maximum Gasteiger partial charge on any atom is 0.0547 e. The highest BCUT2D eigenvalue weighted by Crippen LogP contribution is 2.54. The summed E-state index contributed by atoms with van der Waals surface area (Å²) in [4.78, 5) is 2.46. The molecule has 0 fully saturated rings. The molecule has 0 radical (unpaired) electrons. The van der Waals surface area contributed by atoms with E-state index in [1.165, 1.54) is 94.3 Å². The molecule has 2 heteroatoms. The molecule has 65 heavy (non-hydrogen) atoms. The first-order valence-electron chi connectivity index (χ1n) is 22.6. The van der Waals surface area contributed by atoms with Crippen molar-refractivity contribution in [3.63, 3.8) is 0 Å². The van der Waals surface area contributed by atoms with Gasteiger partial charge >= 0.3 is 0 Å². The van der Waals surface area contributed by atoms with E-state index in [9.17, 15) is 0 Å². The molecule has 0 spiro atoms. The summed E-state index contributed by atoms with van der Waals surface area (Å²) in [6.45, 7) is 4.75. The maximum atomic E-state index is 2.46. The quantitative estimate of drug-likeness (QED) is 0.148. The van der Waals surface area contributed by atoms with Crippen molar-refractivity contribution in [1.29, 1.82) is 0 Å². The van der Waals surface area contributed by atoms with Crippen LogP contribution < -0.4 is 4.90 Å². The Morgan fingerprint density at radius 1 is 0.354 bits per heavy atom. The first kappa shape index (κ1) is 38.5. The zero-order valence-corrected chi connectivity index (χ0v) is 36.5. The summed E-state index contributed by atoms with van der Waals surface area (Å²) in [5.41, 5.74) is 21.7. The molecule has 1 aromatic heterocycles. The number of para-hydroxylation sites is 1. The zero-order valence-electron chi connectivity index (χ0n) is 36.5. The second kappa shape index (κ2) is 15.6. The molecule has 12 rings (SSSR count). The van der Waals surface area contributed by atoms with Gasteiger partial charge in [-0.05, 0) is 127 Å². The van der Waals surface area contributed by atoms with E-state index in [2.05, 4.69) is 266 Å². The summed E-state index contributed by atoms with van der Waals surface area (Å²) in [5, 5.41) is 2.48. The lowest BCUT2D eigenvalue weighted by molar-refractivity contribution is 0.661. The minimum Gasteiger partial charge on any atom is -0.310 e. The fourth-order valence-electron chi connectivity index (χ4n) is 10.5. The van der Waals surface area contributed by atoms with E-state index in [-0.39, 0.29) is 5.41 Å². The van der Waals surface area contributed by atoms with Gasteiger partial charge in [0.1, 0.15) is 0 Å². The zero-order chi connectivity index (χ0) is 43.5. The molecule has 0 saturated carbocycles. The molecule has 1 heterocycles. The second-order valence-electron chi connectivity index (χ2n) is 17.7. The summed E-state index contributed by atoms with van der Waals surface area (Å²) < 4.78 is 2.46. The number of hydrogen-bond donors (Lipinski definition) is 0. The first-order chi connectivity index (χ1) is 32.0. The van der Waals surface area contributed by atoms with Gasteiger partial charge in [0.25, 0.3) is 0 Å². The average Bonchev–Trinajstić information content (AvgIpc) is 3.84. The summed E-state index contributed by atoms with van der Waals surface area (Å²) in [6.07, 6.45) is 0. The molecule has 11 aromatic rings. The minimum atomic E-state index is -0.184. The Bertz CT molecular complexity index is 3470. The van der Waals surface area contributed by atoms with Gasteiger partial charge in [-0.15, -0.1) is 0 Å². The van der Waals surface area contributed by atoms with Crippen molar-refractivity contribution in [1.82, 2.24) is 4.57 Å². The van der Waals surface area contributed by atoms with Gasteiger partial charge in [0.15, 0.2) is 0 Å². The molecule has 308 valence electrons. The topological polar surface area (TPSA) is 8.17 Å². The highest BCUT2D eigenvalue weighted by molar-refractivity contribution is 6.16. The van der Waals surface area contributed by atoms with Crippen LogP contribution in [0, 0.1) is 0 Å². The molecule has 0 bridgehead atoms. The van der Waals surface area contributed by atoms with Crippen LogP contribution >= 0.6 is 0 Å². The summed E-state index contributed by atoms with van der Waals surface area (Å²) in [7, 11) is 0. The Kier molecular flexibility index (Phi) is 9.21. The molecule has 10 aromatic carbocycles. The van der Waals surface area contributed by atoms with Crippen molar-refractivity contribution in [2.45, 2.75) is 19.3 Å². The average molecular weight is 831 g/mol. The predicted molar refractivity (Wildman–Crippen MR) is 275 cm³/mol. The van der Waals surface area contributed by atoms with Gasteiger partial charge < -0.3 is 9.47 Å². The number of nitrogens with zero attached hydrogens (tertiary/aromatic N) is 2. The van der Waals surface area contributed by atoms with Crippen molar-refractivity contribution in [3.8, 4) is 61.3 Å². The summed E-state index contributed by atoms with van der Waals surface area (Å²) in [5.74, 6) is 0. The monoisotopic (exact) mass is 830 g/mol. The van der Waals surface area contributed by atoms with E-state index in [0.717, 1.165) is 17.1 Å². The van der Waals surface area contributed by atoms with Crippen LogP contribution in [0.15, 0.2) is 243 Å². The predicted octanol–water partition coefficient (Wildman–Crippen LogP) is 17.2. The third kappa shape index (κ3) is 6.49. The van der Waals surface area contributed by atoms with Crippen LogP contribution in [-0.4, -0.2) is 4.57 Å². The standard InChI is InChI=1S/C63H46N2/c1-63(2)57-28-14-12-24-54(57)55-27-17-31-60(62(55)63)64(50-36-32-46(33-37-50)43-18-6-3-7-19-43)51-38-34-47(35-39-51)53-26-16-30-59-61(53)56-25-13-15-29-58(56)65(59)52-41-48(44-20-8-4-9-21-44)40-49(42-52)45-22-10-5-11-23-45/h3-42H,1-2H3. The van der Waals surface area contributed by atoms with E-state index in [1.807, 2.05) is 0 Å². The van der Waals surface area contributed by atoms with Crippen LogP contribution in [0.3, 0.4) is 0 Å². The Morgan fingerprint density at radius 3 is 1.48 bits per heavy atom. The van der Waals surface area contributed by atoms with E-state index < -0.39 is 0 Å². The van der Waals surface area contributed by atoms with Gasteiger partial charge in [-0.25, -0.2) is 0 Å². The largest absolute Gasteiger partial charge is 0.310 e. The number of anilines is 3. The van der Waals surface area contributed by atoms with Gasteiger partial charge in [-0.1, -0.05) is 196 Å². The smallest absolute Gasteiger partial charge is 0.0547 e. The molecule has 1 aliphatic carbocycles. The fourth-order valence-corrected chi connectivity index (χ4v) is 10.5. The molecular formula is C63H46N2. The number of rotatable bonds is 8. The Balaban J connectivity index is 1.01. The number of fused-ring (bicyclic) bond motifs is 6. The normalized spacial score (nSPS) is 12.6. The SMILES string of the molecule is CC1(C)c2ccccc2-c2cccc(N(c3ccc(-c4ccccc4)cc3)c3ccc(-c4cccc5c4c4ccccc4n5-c4cc(-c5ccccc5)cc(-c5ccccc5)c4)cc3)c21. The second-order valence-corrected chi connectivity index (χ2v) is 17.7. The molecule has 0 N–H and O–H groups in total. The van der Waals surface area contributed by atoms with Crippen molar-refractivity contribution < 1.29 is 0 Å². The number of hydrogen-bond acceptors (Lipinski definition) is 1. The van der Waals surface area contributed by atoms with Gasteiger partial charge in [-0.3, -0.25) is 0 Å². The molecule has 0 amide bonds. The number of benzene rings is 10. The molecule has 0 saturated heterocycles. The van der Waals surface area contributed by atoms with Crippen molar-refractivity contribution in [2.75, 3.05) is 4.90 Å². The van der Waals surface area contributed by atoms with Crippen LogP contribution in [-0.2, 0) is 5.41 Å². The molecule has 2 nitrogen and oxygen atoms in total. The summed E-state index contributed by atoms with van der Waals surface area (Å²) >= 11 is 0. The molecule has 0 unspecified atom stereocenters. The Hall–Kier alpha value is -8.20. The van der Waals surface area contributed by atoms with Gasteiger partial charge in [0.2, 0.25) is 0 Å². The molecule has 0 aliphatic heterocycles. The third-order valence-electron chi connectivity index (χ3n) is 13.6. The maximum absolute atomic E-state index is 2.46. The van der Waals surface area contributed by atoms with Crippen molar-refractivity contribution in [2.24, 2.45) is 0 Å². The molecule has 0 atom stereocenters. The minimum absolute atomic E-state index is 0.184. The van der Waals surface area contributed by atoms with Crippen LogP contribution in [0.4, 0.5) is 17.1 Å². The first-order valence-corrected chi connectivity index (χ1v) is 22.6. The Morgan fingerprint density at radius 2 is 0.831 bits per heavy atom. The highest BCUT2D eigenvalue weighted by atomic mass is 15.1. The van der Waals surface area contributed by atoms with E-state index in [1.54, 1.807) is 0 Å². The lowest BCUT2D eigenvalue weighted by Gasteiger charge is -2.32. The van der Waals surface area contributed by atoms with Gasteiger partial charge in [0, 0.05) is 33.2 Å². The van der Waals surface area contributed by atoms with E-state index >= 15 is 0 Å². The van der Waals surface area contributed by atoms with Crippen LogP contribution in [0.25, 0.3) is 83.1 Å². The lowest BCUT2D eigenvalue weighted by Crippen LogP contribution is -2.20. The van der Waals surface area contributed by atoms with Gasteiger partial charge in [0.05, 0.1) is 16.7 Å². The molecular weight excluding hydrogens is 785 g/mol. The highest BCUT2D eigenvalue weighted by Gasteiger charge is 2.38. The third-order valence-corrected chi connectivity index (χ3v) is 13.6. The van der Waals surface area contributed by atoms with E-state index in [0.29, 0.717) is 0 Å². The fraction of sp³-hybridized carbons (Fsp3) is 0.0476. The van der Waals surface area contributed by atoms with Crippen molar-refractivity contribution in [3.05, 3.63) is 254 Å². The van der Waals surface area contributed by atoms with Crippen LogP contribution in [0.2, 0.25) is 0 Å². The van der Waals surface area contributed by atoms with Gasteiger partial charge in [-0.2, -0.15) is 0 Å². The Labute approximate surface area is 381 Å². The van der Waals surface area contributed by atoms with E-state index in [4.69, 9.17) is 0 Å².